The molecule has 0 atom stereocenters. The van der Waals surface area contributed by atoms with E-state index in [1.807, 2.05) is 0 Å². The largest absolute Gasteiger partial charge is 0.335 e. The first-order chi connectivity index (χ1) is 12.0. The summed E-state index contributed by atoms with van der Waals surface area (Å²) in [7, 11) is 0. The lowest BCUT2D eigenvalue weighted by atomic mass is 10.1. The van der Waals surface area contributed by atoms with Gasteiger partial charge in [-0.15, -0.1) is 0 Å². The van der Waals surface area contributed by atoms with Crippen LogP contribution >= 0.6 is 0 Å². The molecular weight excluding hydrogens is 326 g/mol. The first-order valence-corrected chi connectivity index (χ1v) is 8.06. The van der Waals surface area contributed by atoms with Crippen LogP contribution in [0.15, 0.2) is 42.5 Å². The summed E-state index contributed by atoms with van der Waals surface area (Å²) in [6.07, 6.45) is 0. The molecular formula is C19H18F2N2O2. The normalized spacial score (nSPS) is 14.5. The van der Waals surface area contributed by atoms with Gasteiger partial charge in [0.1, 0.15) is 11.6 Å². The van der Waals surface area contributed by atoms with Crippen molar-refractivity contribution in [2.45, 2.75) is 6.92 Å². The van der Waals surface area contributed by atoms with Crippen molar-refractivity contribution >= 4 is 11.8 Å². The van der Waals surface area contributed by atoms with E-state index in [9.17, 15) is 18.4 Å². The van der Waals surface area contributed by atoms with Crippen LogP contribution in [0.1, 0.15) is 26.3 Å². The van der Waals surface area contributed by atoms with E-state index in [1.54, 1.807) is 22.8 Å². The Balaban J connectivity index is 1.64. The Bertz CT molecular complexity index is 815. The van der Waals surface area contributed by atoms with Gasteiger partial charge in [-0.3, -0.25) is 9.59 Å². The zero-order valence-electron chi connectivity index (χ0n) is 13.8. The number of carbonyl (C=O) groups excluding carboxylic acids is 2. The second-order valence-electron chi connectivity index (χ2n) is 6.06. The summed E-state index contributed by atoms with van der Waals surface area (Å²) in [5.74, 6) is -1.22. The first kappa shape index (κ1) is 17.1. The van der Waals surface area contributed by atoms with E-state index >= 15 is 0 Å². The Morgan fingerprint density at radius 3 is 1.92 bits per heavy atom. The number of nitrogens with zero attached hydrogens (tertiary/aromatic N) is 2. The molecule has 3 rings (SSSR count). The first-order valence-electron chi connectivity index (χ1n) is 8.06. The zero-order chi connectivity index (χ0) is 18.0. The molecule has 1 aliphatic heterocycles. The molecule has 2 amide bonds. The van der Waals surface area contributed by atoms with Gasteiger partial charge in [-0.05, 0) is 48.9 Å². The molecule has 0 radical (unpaired) electrons. The van der Waals surface area contributed by atoms with E-state index in [1.165, 1.54) is 36.4 Å². The molecule has 0 bridgehead atoms. The Morgan fingerprint density at radius 1 is 0.840 bits per heavy atom. The lowest BCUT2D eigenvalue weighted by Gasteiger charge is -2.35. The standard InChI is InChI=1S/C19H18F2N2O2/c1-13-11-15(5-6-17(13)21)19(25)23-9-7-22(8-10-23)18(24)14-3-2-4-16(20)12-14/h2-6,11-12H,7-10H2,1H3. The topological polar surface area (TPSA) is 40.6 Å². The van der Waals surface area contributed by atoms with Crippen LogP contribution in [0.5, 0.6) is 0 Å². The second kappa shape index (κ2) is 7.01. The van der Waals surface area contributed by atoms with Gasteiger partial charge < -0.3 is 9.80 Å². The minimum atomic E-state index is -0.452. The van der Waals surface area contributed by atoms with Gasteiger partial charge in [0, 0.05) is 37.3 Å². The maximum absolute atomic E-state index is 13.3. The van der Waals surface area contributed by atoms with E-state index in [0.717, 1.165) is 0 Å². The highest BCUT2D eigenvalue weighted by molar-refractivity contribution is 5.96. The fraction of sp³-hybridized carbons (Fsp3) is 0.263. The van der Waals surface area contributed by atoms with Crippen molar-refractivity contribution in [3.05, 3.63) is 70.8 Å². The van der Waals surface area contributed by atoms with E-state index in [2.05, 4.69) is 0 Å². The molecule has 0 spiro atoms. The monoisotopic (exact) mass is 344 g/mol. The van der Waals surface area contributed by atoms with Crippen LogP contribution in [-0.4, -0.2) is 47.8 Å². The number of carbonyl (C=O) groups is 2. The number of hydrogen-bond acceptors (Lipinski definition) is 2. The fourth-order valence-corrected chi connectivity index (χ4v) is 2.88. The van der Waals surface area contributed by atoms with Crippen LogP contribution in [0.4, 0.5) is 8.78 Å². The lowest BCUT2D eigenvalue weighted by molar-refractivity contribution is 0.0535. The van der Waals surface area contributed by atoms with E-state index in [4.69, 9.17) is 0 Å². The zero-order valence-corrected chi connectivity index (χ0v) is 13.8. The third-order valence-electron chi connectivity index (χ3n) is 4.33. The van der Waals surface area contributed by atoms with Crippen molar-refractivity contribution in [3.63, 3.8) is 0 Å². The molecule has 0 aromatic heterocycles. The number of piperazine rings is 1. The van der Waals surface area contributed by atoms with Crippen molar-refractivity contribution in [3.8, 4) is 0 Å². The third kappa shape index (κ3) is 3.68. The second-order valence-corrected chi connectivity index (χ2v) is 6.06. The van der Waals surface area contributed by atoms with Gasteiger partial charge in [-0.25, -0.2) is 8.78 Å². The van der Waals surface area contributed by atoms with Crippen LogP contribution in [0.3, 0.4) is 0 Å². The van der Waals surface area contributed by atoms with Crippen molar-refractivity contribution in [2.24, 2.45) is 0 Å². The third-order valence-corrected chi connectivity index (χ3v) is 4.33. The summed E-state index contributed by atoms with van der Waals surface area (Å²) in [5, 5.41) is 0. The van der Waals surface area contributed by atoms with Gasteiger partial charge in [-0.2, -0.15) is 0 Å². The quantitative estimate of drug-likeness (QED) is 0.841. The Labute approximate surface area is 144 Å². The van der Waals surface area contributed by atoms with Crippen LogP contribution < -0.4 is 0 Å². The predicted octanol–water partition coefficient (Wildman–Crippen LogP) is 2.87. The lowest BCUT2D eigenvalue weighted by Crippen LogP contribution is -2.50. The van der Waals surface area contributed by atoms with E-state index in [-0.39, 0.29) is 17.6 Å². The van der Waals surface area contributed by atoms with Gasteiger partial charge in [-0.1, -0.05) is 6.07 Å². The molecule has 1 heterocycles. The minimum Gasteiger partial charge on any atom is -0.335 e. The molecule has 2 aromatic carbocycles. The Kier molecular flexibility index (Phi) is 4.79. The molecule has 4 nitrogen and oxygen atoms in total. The molecule has 130 valence electrons. The number of aryl methyl sites for hydroxylation is 1. The number of hydrogen-bond donors (Lipinski definition) is 0. The maximum atomic E-state index is 13.3. The van der Waals surface area contributed by atoms with Crippen molar-refractivity contribution in [1.82, 2.24) is 9.80 Å². The van der Waals surface area contributed by atoms with Crippen molar-refractivity contribution in [1.29, 1.82) is 0 Å². The summed E-state index contributed by atoms with van der Waals surface area (Å²) in [6.45, 7) is 3.14. The highest BCUT2D eigenvalue weighted by Gasteiger charge is 2.25. The van der Waals surface area contributed by atoms with E-state index in [0.29, 0.717) is 42.9 Å². The average molecular weight is 344 g/mol. The number of rotatable bonds is 2. The van der Waals surface area contributed by atoms with Gasteiger partial charge in [0.2, 0.25) is 0 Å². The van der Waals surface area contributed by atoms with Gasteiger partial charge >= 0.3 is 0 Å². The van der Waals surface area contributed by atoms with Crippen LogP contribution in [0.25, 0.3) is 0 Å². The molecule has 0 aliphatic carbocycles. The van der Waals surface area contributed by atoms with Crippen molar-refractivity contribution < 1.29 is 18.4 Å². The average Bonchev–Trinajstić information content (AvgIpc) is 2.63. The molecule has 1 aliphatic rings. The smallest absolute Gasteiger partial charge is 0.254 e. The molecule has 25 heavy (non-hydrogen) atoms. The van der Waals surface area contributed by atoms with E-state index < -0.39 is 5.82 Å². The fourth-order valence-electron chi connectivity index (χ4n) is 2.88. The summed E-state index contributed by atoms with van der Waals surface area (Å²) in [4.78, 5) is 28.1. The van der Waals surface area contributed by atoms with Crippen LogP contribution in [0, 0.1) is 18.6 Å². The van der Waals surface area contributed by atoms with Crippen LogP contribution in [0.2, 0.25) is 0 Å². The summed E-state index contributed by atoms with van der Waals surface area (Å²) in [6, 6.07) is 9.85. The van der Waals surface area contributed by atoms with Gasteiger partial charge in [0.15, 0.2) is 0 Å². The number of benzene rings is 2. The van der Waals surface area contributed by atoms with Gasteiger partial charge in [0.25, 0.3) is 11.8 Å². The molecule has 1 fully saturated rings. The Morgan fingerprint density at radius 2 is 1.40 bits per heavy atom. The summed E-state index contributed by atoms with van der Waals surface area (Å²) in [5.41, 5.74) is 1.16. The summed E-state index contributed by atoms with van der Waals surface area (Å²) >= 11 is 0. The SMILES string of the molecule is Cc1cc(C(=O)N2CCN(C(=O)c3cccc(F)c3)CC2)ccc1F. The highest BCUT2D eigenvalue weighted by atomic mass is 19.1. The molecule has 0 unspecified atom stereocenters. The van der Waals surface area contributed by atoms with Crippen molar-refractivity contribution in [2.75, 3.05) is 26.2 Å². The molecule has 0 saturated carbocycles. The minimum absolute atomic E-state index is 0.180. The molecule has 0 N–H and O–H groups in total. The Hall–Kier alpha value is -2.76. The summed E-state index contributed by atoms with van der Waals surface area (Å²) < 4.78 is 26.6. The maximum Gasteiger partial charge on any atom is 0.254 e. The highest BCUT2D eigenvalue weighted by Crippen LogP contribution is 2.15. The molecule has 2 aromatic rings. The van der Waals surface area contributed by atoms with Crippen LogP contribution in [-0.2, 0) is 0 Å². The molecule has 1 saturated heterocycles. The predicted molar refractivity (Wildman–Crippen MR) is 89.3 cm³/mol. The number of amides is 2. The molecule has 6 heteroatoms. The number of halogens is 2. The van der Waals surface area contributed by atoms with Gasteiger partial charge in [0.05, 0.1) is 0 Å².